The van der Waals surface area contributed by atoms with Crippen molar-refractivity contribution < 1.29 is 23.0 Å². The molecule has 12 heteroatoms. The second-order valence-electron chi connectivity index (χ2n) is 7.91. The molecule has 3 heterocycles. The monoisotopic (exact) mass is 480 g/mol. The fraction of sp³-hybridized carbons (Fsp3) is 0.429. The molecule has 0 radical (unpaired) electrons. The van der Waals surface area contributed by atoms with Crippen LogP contribution < -0.4 is 15.8 Å². The number of halogens is 3. The van der Waals surface area contributed by atoms with Gasteiger partial charge in [-0.3, -0.25) is 9.69 Å². The Morgan fingerprint density at radius 3 is 2.73 bits per heavy atom. The average molecular weight is 481 g/mol. The number of amides is 1. The number of hydrogen-bond acceptors (Lipinski definition) is 8. The molecule has 9 nitrogen and oxygen atoms in total. The van der Waals surface area contributed by atoms with Gasteiger partial charge in [-0.15, -0.1) is 0 Å². The highest BCUT2D eigenvalue weighted by atomic mass is 35.5. The molecule has 2 aliphatic heterocycles. The van der Waals surface area contributed by atoms with Crippen LogP contribution in [0.5, 0.6) is 5.88 Å². The second-order valence-corrected chi connectivity index (χ2v) is 8.29. The molecule has 4 rings (SSSR count). The molecular formula is C21H23ClF2N6O3. The van der Waals surface area contributed by atoms with Crippen molar-refractivity contribution >= 4 is 35.0 Å². The first-order chi connectivity index (χ1) is 15.8. The fourth-order valence-corrected chi connectivity index (χ4v) is 4.47. The normalized spacial score (nSPS) is 21.8. The lowest BCUT2D eigenvalue weighted by molar-refractivity contribution is -0.132. The van der Waals surface area contributed by atoms with Crippen LogP contribution in [0.15, 0.2) is 35.6 Å². The van der Waals surface area contributed by atoms with Gasteiger partial charge < -0.3 is 20.5 Å². The maximum absolute atomic E-state index is 13.1. The summed E-state index contributed by atoms with van der Waals surface area (Å²) in [6.07, 6.45) is 4.02. The van der Waals surface area contributed by atoms with E-state index in [0.717, 1.165) is 0 Å². The summed E-state index contributed by atoms with van der Waals surface area (Å²) in [5.41, 5.74) is 6.15. The number of ether oxygens (including phenoxy) is 2. The molecule has 2 aromatic rings. The lowest BCUT2D eigenvalue weighted by Gasteiger charge is -2.40. The van der Waals surface area contributed by atoms with Gasteiger partial charge in [-0.1, -0.05) is 23.7 Å². The van der Waals surface area contributed by atoms with Crippen LogP contribution in [-0.4, -0.2) is 52.6 Å². The van der Waals surface area contributed by atoms with Gasteiger partial charge in [0.15, 0.2) is 11.8 Å². The van der Waals surface area contributed by atoms with E-state index in [0.29, 0.717) is 37.3 Å². The maximum Gasteiger partial charge on any atom is 0.388 e. The van der Waals surface area contributed by atoms with Crippen LogP contribution in [-0.2, 0) is 15.1 Å². The van der Waals surface area contributed by atoms with Crippen molar-refractivity contribution in [2.24, 2.45) is 10.7 Å². The molecule has 0 bridgehead atoms. The molecule has 2 aliphatic rings. The minimum Gasteiger partial charge on any atom is -0.413 e. The minimum atomic E-state index is -3.06. The number of rotatable bonds is 6. The highest BCUT2D eigenvalue weighted by Gasteiger charge is 2.41. The number of carbonyl (C=O) groups is 1. The summed E-state index contributed by atoms with van der Waals surface area (Å²) in [6, 6.07) is 5.05. The van der Waals surface area contributed by atoms with Crippen molar-refractivity contribution in [3.63, 3.8) is 0 Å². The standard InChI is InChI=1S/C21H23ClF2N6O3/c1-21(11-15(31)30(20(25)29-21)12-5-9-32-10-6-12)13-3-2-4-14(16(13)22)28-17-18(33-19(23)24)27-8-7-26-17/h2-4,7-8,12,19H,5-6,9-11H2,1H3,(H2,25,29)(H,26,28)/t21-/m0/s1. The lowest BCUT2D eigenvalue weighted by atomic mass is 9.86. The summed E-state index contributed by atoms with van der Waals surface area (Å²) in [4.78, 5) is 27.1. The van der Waals surface area contributed by atoms with E-state index < -0.39 is 12.2 Å². The molecule has 3 N–H and O–H groups in total. The number of hydrogen-bond donors (Lipinski definition) is 2. The largest absolute Gasteiger partial charge is 0.413 e. The molecule has 0 unspecified atom stereocenters. The molecule has 1 fully saturated rings. The Morgan fingerprint density at radius 2 is 2.03 bits per heavy atom. The fourth-order valence-electron chi connectivity index (χ4n) is 4.10. The highest BCUT2D eigenvalue weighted by Crippen LogP contribution is 2.41. The van der Waals surface area contributed by atoms with Crippen molar-refractivity contribution in [1.29, 1.82) is 0 Å². The number of aliphatic imine (C=N–C) groups is 1. The lowest BCUT2D eigenvalue weighted by Crippen LogP contribution is -2.55. The zero-order chi connectivity index (χ0) is 23.6. The van der Waals surface area contributed by atoms with Crippen molar-refractivity contribution in [2.75, 3.05) is 18.5 Å². The van der Waals surface area contributed by atoms with Crippen LogP contribution in [0.1, 0.15) is 31.7 Å². The molecule has 176 valence electrons. The van der Waals surface area contributed by atoms with Crippen LogP contribution in [0.4, 0.5) is 20.3 Å². The Hall–Kier alpha value is -3.05. The first kappa shape index (κ1) is 23.1. The first-order valence-corrected chi connectivity index (χ1v) is 10.7. The average Bonchev–Trinajstić information content (AvgIpc) is 2.76. The molecule has 0 spiro atoms. The SMILES string of the molecule is C[C@@]1(c2cccc(Nc3nccnc3OC(F)F)c2Cl)CC(=O)N(C2CCOCC2)C(N)=N1. The number of carbonyl (C=O) groups excluding carboxylic acids is 1. The first-order valence-electron chi connectivity index (χ1n) is 10.4. The predicted molar refractivity (Wildman–Crippen MR) is 118 cm³/mol. The van der Waals surface area contributed by atoms with Crippen LogP contribution in [0.25, 0.3) is 0 Å². The van der Waals surface area contributed by atoms with Gasteiger partial charge in [0.2, 0.25) is 5.91 Å². The number of aromatic nitrogens is 2. The molecular weight excluding hydrogens is 458 g/mol. The van der Waals surface area contributed by atoms with Gasteiger partial charge in [0.05, 0.1) is 22.7 Å². The second kappa shape index (κ2) is 9.44. The smallest absolute Gasteiger partial charge is 0.388 e. The molecule has 0 saturated carbocycles. The summed E-state index contributed by atoms with van der Waals surface area (Å²) < 4.78 is 35.2. The Morgan fingerprint density at radius 1 is 1.30 bits per heavy atom. The number of anilines is 2. The molecule has 0 aliphatic carbocycles. The van der Waals surface area contributed by atoms with Gasteiger partial charge in [-0.25, -0.2) is 15.0 Å². The Bertz CT molecular complexity index is 1070. The van der Waals surface area contributed by atoms with Crippen molar-refractivity contribution in [1.82, 2.24) is 14.9 Å². The van der Waals surface area contributed by atoms with Crippen LogP contribution in [0, 0.1) is 0 Å². The quantitative estimate of drug-likeness (QED) is 0.651. The van der Waals surface area contributed by atoms with E-state index in [1.165, 1.54) is 12.4 Å². The third kappa shape index (κ3) is 4.83. The third-order valence-corrected chi connectivity index (χ3v) is 6.03. The van der Waals surface area contributed by atoms with Gasteiger partial charge in [-0.05, 0) is 25.8 Å². The van der Waals surface area contributed by atoms with Gasteiger partial charge in [0, 0.05) is 37.2 Å². The van der Waals surface area contributed by atoms with E-state index in [2.05, 4.69) is 25.0 Å². The van der Waals surface area contributed by atoms with Crippen LogP contribution >= 0.6 is 11.6 Å². The number of benzene rings is 1. The molecule has 1 amide bonds. The summed E-state index contributed by atoms with van der Waals surface area (Å²) in [6.45, 7) is -0.152. The molecule has 33 heavy (non-hydrogen) atoms. The third-order valence-electron chi connectivity index (χ3n) is 5.63. The van der Waals surface area contributed by atoms with Crippen LogP contribution in [0.2, 0.25) is 5.02 Å². The highest BCUT2D eigenvalue weighted by molar-refractivity contribution is 6.34. The number of nitrogens with one attached hydrogen (secondary N) is 1. The topological polar surface area (TPSA) is 115 Å². The van der Waals surface area contributed by atoms with Gasteiger partial charge in [-0.2, -0.15) is 8.78 Å². The van der Waals surface area contributed by atoms with Gasteiger partial charge in [0.25, 0.3) is 5.88 Å². The Labute approximate surface area is 193 Å². The van der Waals surface area contributed by atoms with Crippen molar-refractivity contribution in [2.45, 2.75) is 44.4 Å². The van der Waals surface area contributed by atoms with E-state index in [1.807, 2.05) is 0 Å². The zero-order valence-electron chi connectivity index (χ0n) is 17.8. The number of nitrogens with two attached hydrogens (primary N) is 1. The maximum atomic E-state index is 13.1. The summed E-state index contributed by atoms with van der Waals surface area (Å²) in [5.74, 6) is -0.415. The van der Waals surface area contributed by atoms with E-state index in [4.69, 9.17) is 22.1 Å². The summed E-state index contributed by atoms with van der Waals surface area (Å²) in [5, 5.41) is 3.12. The van der Waals surface area contributed by atoms with E-state index >= 15 is 0 Å². The zero-order valence-corrected chi connectivity index (χ0v) is 18.6. The Balaban J connectivity index is 1.64. The number of nitrogens with zero attached hydrogens (tertiary/aromatic N) is 4. The van der Waals surface area contributed by atoms with E-state index in [1.54, 1.807) is 30.0 Å². The number of alkyl halides is 2. The minimum absolute atomic E-state index is 0.0320. The van der Waals surface area contributed by atoms with E-state index in [-0.39, 0.29) is 41.0 Å². The molecule has 1 saturated heterocycles. The van der Waals surface area contributed by atoms with Crippen LogP contribution in [0.3, 0.4) is 0 Å². The molecule has 1 atom stereocenters. The summed E-state index contributed by atoms with van der Waals surface area (Å²) in [7, 11) is 0. The van der Waals surface area contributed by atoms with Crippen molar-refractivity contribution in [3.05, 3.63) is 41.2 Å². The summed E-state index contributed by atoms with van der Waals surface area (Å²) >= 11 is 6.67. The Kier molecular flexibility index (Phi) is 6.61. The van der Waals surface area contributed by atoms with Gasteiger partial charge in [0.1, 0.15) is 0 Å². The molecule has 1 aromatic carbocycles. The van der Waals surface area contributed by atoms with Gasteiger partial charge >= 0.3 is 6.61 Å². The number of guanidine groups is 1. The molecule has 1 aromatic heterocycles. The van der Waals surface area contributed by atoms with Crippen molar-refractivity contribution in [3.8, 4) is 5.88 Å². The van der Waals surface area contributed by atoms with E-state index in [9.17, 15) is 13.6 Å². The predicted octanol–water partition coefficient (Wildman–Crippen LogP) is 3.42.